The Morgan fingerprint density at radius 2 is 1.68 bits per heavy atom. The molecule has 0 bridgehead atoms. The van der Waals surface area contributed by atoms with Gasteiger partial charge in [-0.15, -0.1) is 0 Å². The zero-order valence-corrected chi connectivity index (χ0v) is 13.9. The van der Waals surface area contributed by atoms with Crippen molar-refractivity contribution in [2.45, 2.75) is 40.5 Å². The number of ether oxygens (including phenoxy) is 1. The van der Waals surface area contributed by atoms with Crippen LogP contribution in [0.15, 0.2) is 36.4 Å². The van der Waals surface area contributed by atoms with E-state index in [0.29, 0.717) is 12.2 Å². The minimum absolute atomic E-state index is 0.233. The summed E-state index contributed by atoms with van der Waals surface area (Å²) in [6.07, 6.45) is 1.92. The molecule has 0 saturated carbocycles. The van der Waals surface area contributed by atoms with Crippen LogP contribution in [0, 0.1) is 20.8 Å². The molecule has 0 spiro atoms. The third-order valence-corrected chi connectivity index (χ3v) is 3.82. The van der Waals surface area contributed by atoms with E-state index in [9.17, 15) is 4.79 Å². The van der Waals surface area contributed by atoms with Crippen molar-refractivity contribution in [1.82, 2.24) is 0 Å². The van der Waals surface area contributed by atoms with E-state index < -0.39 is 0 Å². The van der Waals surface area contributed by atoms with Crippen LogP contribution >= 0.6 is 0 Å². The lowest BCUT2D eigenvalue weighted by atomic mass is 9.91. The van der Waals surface area contributed by atoms with Crippen molar-refractivity contribution in [3.05, 3.63) is 58.7 Å². The maximum Gasteiger partial charge on any atom is 0.338 e. The lowest BCUT2D eigenvalue weighted by Gasteiger charge is -2.15. The quantitative estimate of drug-likeness (QED) is 0.557. The second-order valence-electron chi connectivity index (χ2n) is 5.81. The number of benzene rings is 2. The van der Waals surface area contributed by atoms with Gasteiger partial charge in [0.2, 0.25) is 0 Å². The van der Waals surface area contributed by atoms with Crippen LogP contribution in [0.1, 0.15) is 46.8 Å². The van der Waals surface area contributed by atoms with E-state index in [1.54, 1.807) is 0 Å². The van der Waals surface area contributed by atoms with E-state index in [1.165, 1.54) is 16.7 Å². The summed E-state index contributed by atoms with van der Waals surface area (Å²) >= 11 is 0. The summed E-state index contributed by atoms with van der Waals surface area (Å²) in [7, 11) is 0. The first kappa shape index (κ1) is 16.3. The molecule has 0 aliphatic heterocycles. The molecule has 0 heterocycles. The van der Waals surface area contributed by atoms with Crippen molar-refractivity contribution >= 4 is 5.97 Å². The molecule has 22 heavy (non-hydrogen) atoms. The van der Waals surface area contributed by atoms with Gasteiger partial charge in [0.05, 0.1) is 12.2 Å². The molecule has 0 N–H and O–H groups in total. The molecule has 0 radical (unpaired) electrons. The van der Waals surface area contributed by atoms with E-state index in [-0.39, 0.29) is 5.97 Å². The molecule has 0 aromatic heterocycles. The number of carbonyl (C=O) groups excluding carboxylic acids is 1. The average Bonchev–Trinajstić information content (AvgIpc) is 2.47. The van der Waals surface area contributed by atoms with Crippen LogP contribution in [0.4, 0.5) is 0 Å². The molecule has 0 amide bonds. The highest BCUT2D eigenvalue weighted by atomic mass is 16.5. The van der Waals surface area contributed by atoms with Crippen molar-refractivity contribution in [2.24, 2.45) is 0 Å². The highest BCUT2D eigenvalue weighted by Gasteiger charge is 2.16. The summed E-state index contributed by atoms with van der Waals surface area (Å²) in [6.45, 7) is 8.84. The Labute approximate surface area is 133 Å². The number of hydrogen-bond acceptors (Lipinski definition) is 2. The fraction of sp³-hybridized carbons (Fsp3) is 0.350. The topological polar surface area (TPSA) is 26.3 Å². The van der Waals surface area contributed by atoms with Crippen LogP contribution in [0.2, 0.25) is 0 Å². The Kier molecular flexibility index (Phi) is 5.37. The van der Waals surface area contributed by atoms with Crippen LogP contribution in [-0.2, 0) is 4.74 Å². The molecular formula is C20H24O2. The molecule has 0 aliphatic carbocycles. The van der Waals surface area contributed by atoms with Crippen molar-refractivity contribution in [1.29, 1.82) is 0 Å². The van der Waals surface area contributed by atoms with E-state index >= 15 is 0 Å². The Balaban J connectivity index is 2.43. The van der Waals surface area contributed by atoms with Gasteiger partial charge in [-0.25, -0.2) is 4.79 Å². The third kappa shape index (κ3) is 3.56. The van der Waals surface area contributed by atoms with Crippen LogP contribution in [0.3, 0.4) is 0 Å². The molecule has 0 atom stereocenters. The Morgan fingerprint density at radius 3 is 2.32 bits per heavy atom. The summed E-state index contributed by atoms with van der Waals surface area (Å²) in [4.78, 5) is 12.4. The number of carbonyl (C=O) groups is 1. The molecule has 2 rings (SSSR count). The standard InChI is InChI=1S/C20H24O2/c1-5-6-11-22-20(21)18-10-8-7-9-17(18)19-15(3)12-14(2)13-16(19)4/h7-10,12-13H,5-6,11H2,1-4H3. The van der Waals surface area contributed by atoms with Gasteiger partial charge in [-0.2, -0.15) is 0 Å². The Bertz CT molecular complexity index is 648. The van der Waals surface area contributed by atoms with Crippen molar-refractivity contribution in [2.75, 3.05) is 6.61 Å². The lowest BCUT2D eigenvalue weighted by molar-refractivity contribution is 0.0500. The second-order valence-corrected chi connectivity index (χ2v) is 5.81. The normalized spacial score (nSPS) is 10.5. The first-order valence-corrected chi connectivity index (χ1v) is 7.89. The summed E-state index contributed by atoms with van der Waals surface area (Å²) in [5.41, 5.74) is 6.35. The van der Waals surface area contributed by atoms with E-state index in [2.05, 4.69) is 39.8 Å². The van der Waals surface area contributed by atoms with Crippen molar-refractivity contribution < 1.29 is 9.53 Å². The first-order chi connectivity index (χ1) is 10.5. The van der Waals surface area contributed by atoms with Crippen molar-refractivity contribution in [3.8, 4) is 11.1 Å². The van der Waals surface area contributed by atoms with Crippen LogP contribution in [0.5, 0.6) is 0 Å². The summed E-state index contributed by atoms with van der Waals surface area (Å²) in [5, 5.41) is 0. The molecule has 2 nitrogen and oxygen atoms in total. The van der Waals surface area contributed by atoms with Gasteiger partial charge in [0.25, 0.3) is 0 Å². The Morgan fingerprint density at radius 1 is 1.05 bits per heavy atom. The molecule has 116 valence electrons. The largest absolute Gasteiger partial charge is 0.462 e. The maximum atomic E-state index is 12.4. The molecule has 0 unspecified atom stereocenters. The third-order valence-electron chi connectivity index (χ3n) is 3.82. The number of rotatable bonds is 5. The number of hydrogen-bond donors (Lipinski definition) is 0. The van der Waals surface area contributed by atoms with Gasteiger partial charge in [-0.3, -0.25) is 0 Å². The van der Waals surface area contributed by atoms with Crippen LogP contribution < -0.4 is 0 Å². The predicted octanol–water partition coefficient (Wildman–Crippen LogP) is 5.24. The van der Waals surface area contributed by atoms with Gasteiger partial charge in [-0.05, 0) is 55.5 Å². The minimum atomic E-state index is -0.233. The molecule has 0 fully saturated rings. The molecule has 0 aliphatic rings. The Hall–Kier alpha value is -2.09. The second kappa shape index (κ2) is 7.26. The maximum absolute atomic E-state index is 12.4. The minimum Gasteiger partial charge on any atom is -0.462 e. The molecule has 0 saturated heterocycles. The highest BCUT2D eigenvalue weighted by Crippen LogP contribution is 2.31. The molecule has 2 aromatic rings. The van der Waals surface area contributed by atoms with Crippen molar-refractivity contribution in [3.63, 3.8) is 0 Å². The van der Waals surface area contributed by atoms with Gasteiger partial charge >= 0.3 is 5.97 Å². The first-order valence-electron chi connectivity index (χ1n) is 7.89. The van der Waals surface area contributed by atoms with E-state index in [0.717, 1.165) is 24.0 Å². The SMILES string of the molecule is CCCCOC(=O)c1ccccc1-c1c(C)cc(C)cc1C. The van der Waals surface area contributed by atoms with Gasteiger partial charge in [0.15, 0.2) is 0 Å². The fourth-order valence-corrected chi connectivity index (χ4v) is 2.87. The molecular weight excluding hydrogens is 272 g/mol. The number of esters is 1. The van der Waals surface area contributed by atoms with Crippen LogP contribution in [0.25, 0.3) is 11.1 Å². The van der Waals surface area contributed by atoms with Gasteiger partial charge in [0, 0.05) is 0 Å². The average molecular weight is 296 g/mol. The van der Waals surface area contributed by atoms with Gasteiger partial charge < -0.3 is 4.74 Å². The lowest BCUT2D eigenvalue weighted by Crippen LogP contribution is -2.08. The number of aryl methyl sites for hydroxylation is 3. The van der Waals surface area contributed by atoms with E-state index in [4.69, 9.17) is 4.74 Å². The monoisotopic (exact) mass is 296 g/mol. The number of unbranched alkanes of at least 4 members (excludes halogenated alkanes) is 1. The van der Waals surface area contributed by atoms with E-state index in [1.807, 2.05) is 24.3 Å². The van der Waals surface area contributed by atoms with Gasteiger partial charge in [0.1, 0.15) is 0 Å². The predicted molar refractivity (Wildman–Crippen MR) is 91.3 cm³/mol. The summed E-state index contributed by atoms with van der Waals surface area (Å²) in [6, 6.07) is 12.0. The van der Waals surface area contributed by atoms with Crippen LogP contribution in [-0.4, -0.2) is 12.6 Å². The molecule has 2 aromatic carbocycles. The summed E-state index contributed by atoms with van der Waals surface area (Å²) in [5.74, 6) is -0.233. The zero-order valence-electron chi connectivity index (χ0n) is 13.9. The van der Waals surface area contributed by atoms with Gasteiger partial charge in [-0.1, -0.05) is 49.2 Å². The molecule has 2 heteroatoms. The summed E-state index contributed by atoms with van der Waals surface area (Å²) < 4.78 is 5.40. The highest BCUT2D eigenvalue weighted by molar-refractivity contribution is 5.98. The zero-order chi connectivity index (χ0) is 16.1. The smallest absolute Gasteiger partial charge is 0.338 e. The fourth-order valence-electron chi connectivity index (χ4n) is 2.87.